The molecule has 0 spiro atoms. The van der Waals surface area contributed by atoms with E-state index < -0.39 is 0 Å². The second-order valence-electron chi connectivity index (χ2n) is 3.58. The van der Waals surface area contributed by atoms with E-state index >= 15 is 0 Å². The van der Waals surface area contributed by atoms with E-state index in [1.165, 1.54) is 0 Å². The van der Waals surface area contributed by atoms with Crippen LogP contribution in [0.5, 0.6) is 0 Å². The van der Waals surface area contributed by atoms with Crippen LogP contribution in [0.1, 0.15) is 11.5 Å². The Morgan fingerprint density at radius 1 is 1.35 bits per heavy atom. The van der Waals surface area contributed by atoms with Gasteiger partial charge >= 0.3 is 0 Å². The lowest BCUT2D eigenvalue weighted by molar-refractivity contribution is 0.627. The molecule has 0 aromatic carbocycles. The standard InChI is InChI=1S/C11H15N5S/c1-9-14-15-11(16(9)7-5-12)17-8-10-4-2-3-6-13-10/h2-4,6H,5,7-8,12H2,1H3. The predicted molar refractivity (Wildman–Crippen MR) is 67.6 cm³/mol. The first-order chi connectivity index (χ1) is 8.31. The summed E-state index contributed by atoms with van der Waals surface area (Å²) in [5.41, 5.74) is 6.61. The first-order valence-corrected chi connectivity index (χ1v) is 6.42. The fourth-order valence-electron chi connectivity index (χ4n) is 1.48. The minimum Gasteiger partial charge on any atom is -0.329 e. The van der Waals surface area contributed by atoms with E-state index in [9.17, 15) is 0 Å². The fraction of sp³-hybridized carbons (Fsp3) is 0.364. The highest BCUT2D eigenvalue weighted by Crippen LogP contribution is 2.20. The Morgan fingerprint density at radius 3 is 2.94 bits per heavy atom. The number of aromatic nitrogens is 4. The topological polar surface area (TPSA) is 69.6 Å². The number of rotatable bonds is 5. The zero-order valence-electron chi connectivity index (χ0n) is 9.71. The molecule has 0 bridgehead atoms. The van der Waals surface area contributed by atoms with Gasteiger partial charge in [-0.15, -0.1) is 10.2 Å². The van der Waals surface area contributed by atoms with E-state index in [2.05, 4.69) is 15.2 Å². The Hall–Kier alpha value is -1.40. The van der Waals surface area contributed by atoms with Gasteiger partial charge in [-0.05, 0) is 19.1 Å². The van der Waals surface area contributed by atoms with Crippen molar-refractivity contribution in [1.29, 1.82) is 0 Å². The SMILES string of the molecule is Cc1nnc(SCc2ccccn2)n1CCN. The van der Waals surface area contributed by atoms with Crippen LogP contribution in [0.2, 0.25) is 0 Å². The van der Waals surface area contributed by atoms with Gasteiger partial charge in [-0.25, -0.2) is 0 Å². The molecular formula is C11H15N5S. The summed E-state index contributed by atoms with van der Waals surface area (Å²) in [6.45, 7) is 3.28. The Labute approximate surface area is 104 Å². The van der Waals surface area contributed by atoms with Gasteiger partial charge in [0.1, 0.15) is 5.82 Å². The van der Waals surface area contributed by atoms with Crippen molar-refractivity contribution in [3.05, 3.63) is 35.9 Å². The summed E-state index contributed by atoms with van der Waals surface area (Å²) in [6.07, 6.45) is 1.80. The Morgan fingerprint density at radius 2 is 2.24 bits per heavy atom. The van der Waals surface area contributed by atoms with Crippen LogP contribution in [0, 0.1) is 6.92 Å². The molecular weight excluding hydrogens is 234 g/mol. The van der Waals surface area contributed by atoms with Crippen LogP contribution in [-0.2, 0) is 12.3 Å². The van der Waals surface area contributed by atoms with E-state index in [-0.39, 0.29) is 0 Å². The highest BCUT2D eigenvalue weighted by atomic mass is 32.2. The number of aryl methyl sites for hydroxylation is 1. The van der Waals surface area contributed by atoms with Crippen molar-refractivity contribution in [1.82, 2.24) is 19.7 Å². The molecule has 17 heavy (non-hydrogen) atoms. The number of nitrogens with zero attached hydrogens (tertiary/aromatic N) is 4. The van der Waals surface area contributed by atoms with Crippen LogP contribution < -0.4 is 5.73 Å². The second-order valence-corrected chi connectivity index (χ2v) is 4.52. The van der Waals surface area contributed by atoms with Gasteiger partial charge < -0.3 is 10.3 Å². The van der Waals surface area contributed by atoms with E-state index in [4.69, 9.17) is 5.73 Å². The highest BCUT2D eigenvalue weighted by Gasteiger charge is 2.08. The van der Waals surface area contributed by atoms with Crippen molar-refractivity contribution in [2.24, 2.45) is 5.73 Å². The quantitative estimate of drug-likeness (QED) is 0.807. The van der Waals surface area contributed by atoms with Crippen LogP contribution >= 0.6 is 11.8 Å². The first kappa shape index (κ1) is 12.1. The van der Waals surface area contributed by atoms with Crippen molar-refractivity contribution in [2.75, 3.05) is 6.54 Å². The number of nitrogens with two attached hydrogens (primary N) is 1. The van der Waals surface area contributed by atoms with Crippen LogP contribution in [-0.4, -0.2) is 26.3 Å². The van der Waals surface area contributed by atoms with E-state index in [0.29, 0.717) is 6.54 Å². The summed E-state index contributed by atoms with van der Waals surface area (Å²) in [4.78, 5) is 4.27. The molecule has 0 unspecified atom stereocenters. The van der Waals surface area contributed by atoms with Gasteiger partial charge in [-0.3, -0.25) is 4.98 Å². The van der Waals surface area contributed by atoms with E-state index in [1.54, 1.807) is 18.0 Å². The lowest BCUT2D eigenvalue weighted by atomic mass is 10.4. The molecule has 2 N–H and O–H groups in total. The molecule has 2 aromatic heterocycles. The molecule has 0 saturated heterocycles. The lowest BCUT2D eigenvalue weighted by Gasteiger charge is -2.05. The minimum atomic E-state index is 0.593. The largest absolute Gasteiger partial charge is 0.329 e. The molecule has 0 radical (unpaired) electrons. The number of thioether (sulfide) groups is 1. The number of hydrogen-bond donors (Lipinski definition) is 1. The molecule has 0 saturated carbocycles. The number of hydrogen-bond acceptors (Lipinski definition) is 5. The van der Waals surface area contributed by atoms with Crippen molar-refractivity contribution < 1.29 is 0 Å². The summed E-state index contributed by atoms with van der Waals surface area (Å²) in [5, 5.41) is 9.11. The van der Waals surface area contributed by atoms with E-state index in [0.717, 1.165) is 29.0 Å². The Balaban J connectivity index is 2.04. The van der Waals surface area contributed by atoms with Crippen LogP contribution in [0.3, 0.4) is 0 Å². The third kappa shape index (κ3) is 3.04. The maximum atomic E-state index is 5.57. The van der Waals surface area contributed by atoms with Gasteiger partial charge in [0.15, 0.2) is 5.16 Å². The Kier molecular flexibility index (Phi) is 4.11. The van der Waals surface area contributed by atoms with Gasteiger partial charge in [0, 0.05) is 25.0 Å². The van der Waals surface area contributed by atoms with Crippen LogP contribution in [0.25, 0.3) is 0 Å². The minimum absolute atomic E-state index is 0.593. The summed E-state index contributed by atoms with van der Waals surface area (Å²) in [6, 6.07) is 5.90. The third-order valence-corrected chi connectivity index (χ3v) is 3.33. The molecule has 0 amide bonds. The van der Waals surface area contributed by atoms with Gasteiger partial charge in [-0.1, -0.05) is 17.8 Å². The van der Waals surface area contributed by atoms with Gasteiger partial charge in [0.2, 0.25) is 0 Å². The molecule has 0 atom stereocenters. The van der Waals surface area contributed by atoms with Crippen molar-refractivity contribution in [3.8, 4) is 0 Å². The monoisotopic (exact) mass is 249 g/mol. The zero-order chi connectivity index (χ0) is 12.1. The molecule has 90 valence electrons. The van der Waals surface area contributed by atoms with E-state index in [1.807, 2.05) is 29.7 Å². The molecule has 6 heteroatoms. The molecule has 2 heterocycles. The molecule has 2 aromatic rings. The summed E-state index contributed by atoms with van der Waals surface area (Å²) in [5.74, 6) is 1.70. The maximum absolute atomic E-state index is 5.57. The van der Waals surface area contributed by atoms with Crippen LogP contribution in [0.15, 0.2) is 29.6 Å². The van der Waals surface area contributed by atoms with Gasteiger partial charge in [0.05, 0.1) is 5.69 Å². The summed E-state index contributed by atoms with van der Waals surface area (Å²) < 4.78 is 2.04. The average molecular weight is 249 g/mol. The number of pyridine rings is 1. The molecule has 0 fully saturated rings. The first-order valence-electron chi connectivity index (χ1n) is 5.44. The fourth-order valence-corrected chi connectivity index (χ4v) is 2.40. The molecule has 2 rings (SSSR count). The van der Waals surface area contributed by atoms with Gasteiger partial charge in [-0.2, -0.15) is 0 Å². The van der Waals surface area contributed by atoms with Gasteiger partial charge in [0.25, 0.3) is 0 Å². The molecule has 0 aliphatic rings. The highest BCUT2D eigenvalue weighted by molar-refractivity contribution is 7.98. The zero-order valence-corrected chi connectivity index (χ0v) is 10.5. The van der Waals surface area contributed by atoms with Crippen molar-refractivity contribution in [3.63, 3.8) is 0 Å². The molecule has 0 aliphatic heterocycles. The third-order valence-electron chi connectivity index (χ3n) is 2.33. The average Bonchev–Trinajstić information content (AvgIpc) is 2.70. The normalized spacial score (nSPS) is 10.7. The predicted octanol–water partition coefficient (Wildman–Crippen LogP) is 1.23. The summed E-state index contributed by atoms with van der Waals surface area (Å²) >= 11 is 1.63. The smallest absolute Gasteiger partial charge is 0.191 e. The molecule has 0 aliphatic carbocycles. The maximum Gasteiger partial charge on any atom is 0.191 e. The molecule has 5 nitrogen and oxygen atoms in total. The summed E-state index contributed by atoms with van der Waals surface area (Å²) in [7, 11) is 0. The van der Waals surface area contributed by atoms with Crippen LogP contribution in [0.4, 0.5) is 0 Å². The second kappa shape index (κ2) is 5.79. The lowest BCUT2D eigenvalue weighted by Crippen LogP contribution is -2.12. The Bertz CT molecular complexity index is 468. The van der Waals surface area contributed by atoms with Crippen molar-refractivity contribution in [2.45, 2.75) is 24.4 Å². The van der Waals surface area contributed by atoms with Crippen molar-refractivity contribution >= 4 is 11.8 Å².